The van der Waals surface area contributed by atoms with E-state index in [1.165, 1.54) is 0 Å². The fraction of sp³-hybridized carbons (Fsp3) is 0.471. The number of para-hydroxylation sites is 2. The van der Waals surface area contributed by atoms with Gasteiger partial charge in [-0.05, 0) is 18.6 Å². The third kappa shape index (κ3) is 3.74. The first-order valence-electron chi connectivity index (χ1n) is 8.53. The number of aryl methyl sites for hydroxylation is 1. The molecule has 0 fully saturated rings. The summed E-state index contributed by atoms with van der Waals surface area (Å²) in [6.07, 6.45) is 3.24. The zero-order valence-corrected chi connectivity index (χ0v) is 13.9. The first-order chi connectivity index (χ1) is 12.3. The van der Waals surface area contributed by atoms with Gasteiger partial charge in [-0.15, -0.1) is 0 Å². The number of rotatable bonds is 5. The molecule has 2 aliphatic heterocycles. The van der Waals surface area contributed by atoms with Gasteiger partial charge >= 0.3 is 0 Å². The summed E-state index contributed by atoms with van der Waals surface area (Å²) in [5, 5.41) is 10.4. The van der Waals surface area contributed by atoms with Crippen LogP contribution >= 0.6 is 0 Å². The maximum absolute atomic E-state index is 12.1. The summed E-state index contributed by atoms with van der Waals surface area (Å²) in [4.78, 5) is 16.3. The molecule has 0 aliphatic carbocycles. The maximum atomic E-state index is 12.1. The van der Waals surface area contributed by atoms with Crippen molar-refractivity contribution in [2.24, 2.45) is 0 Å². The van der Waals surface area contributed by atoms with E-state index in [4.69, 9.17) is 9.47 Å². The summed E-state index contributed by atoms with van der Waals surface area (Å²) < 4.78 is 13.4. The Hall–Kier alpha value is -2.61. The molecule has 0 unspecified atom stereocenters. The van der Waals surface area contributed by atoms with Crippen molar-refractivity contribution in [1.29, 1.82) is 0 Å². The summed E-state index contributed by atoms with van der Waals surface area (Å²) in [5.74, 6) is 2.43. The van der Waals surface area contributed by atoms with Crippen molar-refractivity contribution in [3.63, 3.8) is 0 Å². The lowest BCUT2D eigenvalue weighted by Gasteiger charge is -2.27. The lowest BCUT2D eigenvalue weighted by Crippen LogP contribution is -2.46. The highest BCUT2D eigenvalue weighted by atomic mass is 16.6. The van der Waals surface area contributed by atoms with Crippen LogP contribution in [0.2, 0.25) is 0 Å². The summed E-state index contributed by atoms with van der Waals surface area (Å²) in [5.41, 5.74) is 0. The van der Waals surface area contributed by atoms with E-state index >= 15 is 0 Å². The normalized spacial score (nSPS) is 21.4. The summed E-state index contributed by atoms with van der Waals surface area (Å²) >= 11 is 0. The van der Waals surface area contributed by atoms with Crippen molar-refractivity contribution < 1.29 is 14.3 Å². The minimum Gasteiger partial charge on any atom is -0.486 e. The van der Waals surface area contributed by atoms with Crippen LogP contribution in [0.1, 0.15) is 12.2 Å². The maximum Gasteiger partial charge on any atom is 0.234 e. The molecular formula is C17H21N5O3. The van der Waals surface area contributed by atoms with Crippen molar-refractivity contribution in [2.45, 2.75) is 31.5 Å². The van der Waals surface area contributed by atoms with Crippen molar-refractivity contribution in [1.82, 2.24) is 25.4 Å². The molecule has 1 aromatic heterocycles. The van der Waals surface area contributed by atoms with Crippen LogP contribution < -0.4 is 20.1 Å². The van der Waals surface area contributed by atoms with Crippen molar-refractivity contribution in [3.05, 3.63) is 36.4 Å². The standard InChI is InChI=1S/C17H21N5O3/c23-17(8-18-12-5-6-16-20-11-21-22(16)9-12)19-7-13-10-24-14-3-1-2-4-15(14)25-13/h1-4,11-13,18H,5-10H2,(H,19,23)/t12-,13+/m0/s1. The molecule has 132 valence electrons. The van der Waals surface area contributed by atoms with Crippen LogP contribution in [-0.2, 0) is 17.8 Å². The van der Waals surface area contributed by atoms with Gasteiger partial charge in [0.05, 0.1) is 19.6 Å². The van der Waals surface area contributed by atoms with Crippen LogP contribution in [0.25, 0.3) is 0 Å². The van der Waals surface area contributed by atoms with Gasteiger partial charge in [0.25, 0.3) is 0 Å². The second-order valence-electron chi connectivity index (χ2n) is 6.28. The molecule has 0 spiro atoms. The smallest absolute Gasteiger partial charge is 0.234 e. The van der Waals surface area contributed by atoms with Gasteiger partial charge in [0.2, 0.25) is 5.91 Å². The summed E-state index contributed by atoms with van der Waals surface area (Å²) in [6, 6.07) is 7.79. The van der Waals surface area contributed by atoms with Gasteiger partial charge in [-0.3, -0.25) is 4.79 Å². The van der Waals surface area contributed by atoms with E-state index < -0.39 is 0 Å². The minimum absolute atomic E-state index is 0.0492. The minimum atomic E-state index is -0.175. The van der Waals surface area contributed by atoms with Crippen LogP contribution in [0.4, 0.5) is 0 Å². The topological polar surface area (TPSA) is 90.3 Å². The van der Waals surface area contributed by atoms with E-state index in [9.17, 15) is 4.79 Å². The van der Waals surface area contributed by atoms with Gasteiger partial charge in [-0.1, -0.05) is 12.1 Å². The lowest BCUT2D eigenvalue weighted by atomic mass is 10.1. The molecule has 3 heterocycles. The van der Waals surface area contributed by atoms with Gasteiger partial charge in [0.1, 0.15) is 24.9 Å². The molecule has 0 bridgehead atoms. The molecule has 1 aromatic carbocycles. The number of aromatic nitrogens is 3. The van der Waals surface area contributed by atoms with E-state index in [2.05, 4.69) is 20.7 Å². The molecule has 8 heteroatoms. The Bertz CT molecular complexity index is 747. The van der Waals surface area contributed by atoms with Crippen molar-refractivity contribution in [3.8, 4) is 11.5 Å². The molecule has 25 heavy (non-hydrogen) atoms. The highest BCUT2D eigenvalue weighted by molar-refractivity contribution is 5.78. The first kappa shape index (κ1) is 15.9. The summed E-state index contributed by atoms with van der Waals surface area (Å²) in [6.45, 7) is 1.88. The zero-order chi connectivity index (χ0) is 17.1. The van der Waals surface area contributed by atoms with Crippen molar-refractivity contribution in [2.75, 3.05) is 19.7 Å². The van der Waals surface area contributed by atoms with Crippen LogP contribution in [0.15, 0.2) is 30.6 Å². The number of hydrogen-bond donors (Lipinski definition) is 2. The second kappa shape index (κ2) is 7.10. The first-order valence-corrected chi connectivity index (χ1v) is 8.53. The molecule has 2 aliphatic rings. The average molecular weight is 343 g/mol. The highest BCUT2D eigenvalue weighted by Gasteiger charge is 2.22. The van der Waals surface area contributed by atoms with E-state index in [1.807, 2.05) is 28.9 Å². The number of ether oxygens (including phenoxy) is 2. The molecule has 4 rings (SSSR count). The van der Waals surface area contributed by atoms with Gasteiger partial charge in [0.15, 0.2) is 11.5 Å². The molecule has 0 saturated carbocycles. The Kier molecular flexibility index (Phi) is 4.51. The zero-order valence-electron chi connectivity index (χ0n) is 13.9. The lowest BCUT2D eigenvalue weighted by molar-refractivity contribution is -0.120. The SMILES string of the molecule is O=C(CN[C@H]1CCc2ncnn2C1)NC[C@@H]1COc2ccccc2O1. The van der Waals surface area contributed by atoms with E-state index in [0.717, 1.165) is 36.7 Å². The fourth-order valence-corrected chi connectivity index (χ4v) is 3.10. The molecular weight excluding hydrogens is 322 g/mol. The molecule has 0 radical (unpaired) electrons. The Morgan fingerprint density at radius 3 is 3.12 bits per heavy atom. The fourth-order valence-electron chi connectivity index (χ4n) is 3.10. The third-order valence-electron chi connectivity index (χ3n) is 4.45. The predicted molar refractivity (Wildman–Crippen MR) is 89.5 cm³/mol. The summed E-state index contributed by atoms with van der Waals surface area (Å²) in [7, 11) is 0. The van der Waals surface area contributed by atoms with Gasteiger partial charge in [-0.2, -0.15) is 5.10 Å². The van der Waals surface area contributed by atoms with Gasteiger partial charge < -0.3 is 20.1 Å². The largest absolute Gasteiger partial charge is 0.486 e. The second-order valence-corrected chi connectivity index (χ2v) is 6.28. The molecule has 0 saturated heterocycles. The Morgan fingerprint density at radius 1 is 1.32 bits per heavy atom. The number of nitrogens with zero attached hydrogens (tertiary/aromatic N) is 3. The van der Waals surface area contributed by atoms with Crippen LogP contribution in [-0.4, -0.2) is 52.5 Å². The van der Waals surface area contributed by atoms with Crippen LogP contribution in [0, 0.1) is 0 Å². The van der Waals surface area contributed by atoms with E-state index in [-0.39, 0.29) is 24.6 Å². The van der Waals surface area contributed by atoms with Gasteiger partial charge in [0, 0.05) is 12.5 Å². The number of carbonyl (C=O) groups is 1. The molecule has 1 amide bonds. The average Bonchev–Trinajstić information content (AvgIpc) is 3.12. The monoisotopic (exact) mass is 343 g/mol. The van der Waals surface area contributed by atoms with Crippen LogP contribution in [0.5, 0.6) is 11.5 Å². The van der Waals surface area contributed by atoms with E-state index in [0.29, 0.717) is 13.2 Å². The number of carbonyl (C=O) groups excluding carboxylic acids is 1. The quantitative estimate of drug-likeness (QED) is 0.803. The third-order valence-corrected chi connectivity index (χ3v) is 4.45. The molecule has 8 nitrogen and oxygen atoms in total. The molecule has 2 atom stereocenters. The van der Waals surface area contributed by atoms with Crippen LogP contribution in [0.3, 0.4) is 0 Å². The number of nitrogens with one attached hydrogen (secondary N) is 2. The molecule has 2 N–H and O–H groups in total. The van der Waals surface area contributed by atoms with Gasteiger partial charge in [-0.25, -0.2) is 9.67 Å². The molecule has 2 aromatic rings. The Balaban J connectivity index is 1.19. The Labute approximate surface area is 145 Å². The van der Waals surface area contributed by atoms with Crippen molar-refractivity contribution >= 4 is 5.91 Å². The van der Waals surface area contributed by atoms with E-state index in [1.54, 1.807) is 6.33 Å². The number of benzene rings is 1. The highest BCUT2D eigenvalue weighted by Crippen LogP contribution is 2.30. The Morgan fingerprint density at radius 2 is 2.20 bits per heavy atom. The predicted octanol–water partition coefficient (Wildman–Crippen LogP) is 0.139. The number of amides is 1. The number of hydrogen-bond acceptors (Lipinski definition) is 6. The number of fused-ring (bicyclic) bond motifs is 2.